The number of halogens is 1. The van der Waals surface area contributed by atoms with Gasteiger partial charge in [-0.2, -0.15) is 5.26 Å². The van der Waals surface area contributed by atoms with Gasteiger partial charge < -0.3 is 9.88 Å². The zero-order valence-corrected chi connectivity index (χ0v) is 14.1. The maximum Gasteiger partial charge on any atom is 0.244 e. The predicted molar refractivity (Wildman–Crippen MR) is 94.2 cm³/mol. The Morgan fingerprint density at radius 1 is 1.26 bits per heavy atom. The summed E-state index contributed by atoms with van der Waals surface area (Å²) in [6, 6.07) is 15.5. The molecule has 0 saturated carbocycles. The first kappa shape index (κ1) is 15.3. The van der Waals surface area contributed by atoms with Crippen molar-refractivity contribution in [2.75, 3.05) is 5.32 Å². The lowest BCUT2D eigenvalue weighted by atomic mass is 10.2. The number of hydrogen-bond donors (Lipinski definition) is 1. The summed E-state index contributed by atoms with van der Waals surface area (Å²) in [5.74, 6) is -0.127. The third kappa shape index (κ3) is 3.27. The highest BCUT2D eigenvalue weighted by Crippen LogP contribution is 2.25. The monoisotopic (exact) mass is 367 g/mol. The number of aryl methyl sites for hydroxylation is 1. The normalized spacial score (nSPS) is 10.5. The van der Waals surface area contributed by atoms with Crippen molar-refractivity contribution in [3.05, 3.63) is 64.3 Å². The van der Waals surface area contributed by atoms with Gasteiger partial charge in [0.05, 0.1) is 5.56 Å². The molecule has 0 aliphatic rings. The number of fused-ring (bicyclic) bond motifs is 1. The van der Waals surface area contributed by atoms with E-state index in [2.05, 4.69) is 27.3 Å². The number of carbonyl (C=O) groups excluding carboxylic acids is 1. The first-order valence-electron chi connectivity index (χ1n) is 7.12. The van der Waals surface area contributed by atoms with E-state index in [0.29, 0.717) is 5.56 Å². The molecule has 0 atom stereocenters. The first-order chi connectivity index (χ1) is 11.1. The van der Waals surface area contributed by atoms with Crippen LogP contribution < -0.4 is 5.32 Å². The minimum absolute atomic E-state index is 0.127. The van der Waals surface area contributed by atoms with Crippen LogP contribution >= 0.6 is 15.9 Å². The van der Waals surface area contributed by atoms with Crippen LogP contribution in [0.25, 0.3) is 10.9 Å². The van der Waals surface area contributed by atoms with E-state index in [0.717, 1.165) is 26.6 Å². The van der Waals surface area contributed by atoms with Gasteiger partial charge in [-0.15, -0.1) is 0 Å². The van der Waals surface area contributed by atoms with Crippen LogP contribution in [0.3, 0.4) is 0 Å². The van der Waals surface area contributed by atoms with E-state index in [9.17, 15) is 10.1 Å². The fraction of sp³-hybridized carbons (Fsp3) is 0.111. The Morgan fingerprint density at radius 3 is 2.70 bits per heavy atom. The third-order valence-electron chi connectivity index (χ3n) is 3.61. The summed E-state index contributed by atoms with van der Waals surface area (Å²) in [6.07, 6.45) is 1.71. The quantitative estimate of drug-likeness (QED) is 0.753. The minimum Gasteiger partial charge on any atom is -0.337 e. The van der Waals surface area contributed by atoms with Gasteiger partial charge in [0, 0.05) is 27.3 Å². The minimum atomic E-state index is -0.127. The van der Waals surface area contributed by atoms with E-state index >= 15 is 0 Å². The van der Waals surface area contributed by atoms with Crippen LogP contribution in [0.5, 0.6) is 0 Å². The average molecular weight is 368 g/mol. The summed E-state index contributed by atoms with van der Waals surface area (Å²) in [5.41, 5.74) is 3.33. The topological polar surface area (TPSA) is 57.8 Å². The van der Waals surface area contributed by atoms with Gasteiger partial charge in [0.2, 0.25) is 5.91 Å². The van der Waals surface area contributed by atoms with E-state index in [4.69, 9.17) is 0 Å². The molecule has 114 valence electrons. The second-order valence-corrected chi connectivity index (χ2v) is 6.27. The molecule has 1 N–H and O–H groups in total. The Bertz CT molecular complexity index is 920. The van der Waals surface area contributed by atoms with Crippen molar-refractivity contribution in [3.8, 4) is 6.07 Å². The van der Waals surface area contributed by atoms with Crippen LogP contribution in [-0.4, -0.2) is 10.5 Å². The molecule has 0 fully saturated rings. The van der Waals surface area contributed by atoms with Gasteiger partial charge >= 0.3 is 0 Å². The molecule has 1 heterocycles. The smallest absolute Gasteiger partial charge is 0.244 e. The largest absolute Gasteiger partial charge is 0.337 e. The lowest BCUT2D eigenvalue weighted by Crippen LogP contribution is -2.18. The lowest BCUT2D eigenvalue weighted by molar-refractivity contribution is -0.116. The Kier molecular flexibility index (Phi) is 4.18. The third-order valence-corrected chi connectivity index (χ3v) is 4.11. The van der Waals surface area contributed by atoms with Crippen LogP contribution in [0, 0.1) is 18.3 Å². The van der Waals surface area contributed by atoms with Crippen LogP contribution in [-0.2, 0) is 11.3 Å². The van der Waals surface area contributed by atoms with Crippen molar-refractivity contribution in [1.82, 2.24) is 4.57 Å². The molecule has 3 aromatic rings. The van der Waals surface area contributed by atoms with E-state index < -0.39 is 0 Å². The summed E-state index contributed by atoms with van der Waals surface area (Å²) in [7, 11) is 0. The second kappa shape index (κ2) is 6.27. The molecular weight excluding hydrogens is 354 g/mol. The Labute approximate surface area is 142 Å². The molecule has 0 spiro atoms. The predicted octanol–water partition coefficient (Wildman–Crippen LogP) is 4.22. The number of hydrogen-bond acceptors (Lipinski definition) is 2. The summed E-state index contributed by atoms with van der Waals surface area (Å²) >= 11 is 3.41. The van der Waals surface area contributed by atoms with E-state index in [-0.39, 0.29) is 12.5 Å². The number of anilines is 1. The molecule has 0 bridgehead atoms. The van der Waals surface area contributed by atoms with Crippen molar-refractivity contribution in [2.24, 2.45) is 0 Å². The Balaban J connectivity index is 1.85. The van der Waals surface area contributed by atoms with Gasteiger partial charge in [0.15, 0.2) is 0 Å². The zero-order valence-electron chi connectivity index (χ0n) is 12.5. The highest BCUT2D eigenvalue weighted by atomic mass is 79.9. The summed E-state index contributed by atoms with van der Waals surface area (Å²) < 4.78 is 2.70. The number of amides is 1. The highest BCUT2D eigenvalue weighted by molar-refractivity contribution is 9.10. The van der Waals surface area contributed by atoms with Gasteiger partial charge in [-0.1, -0.05) is 33.6 Å². The number of benzene rings is 2. The SMILES string of the molecule is Cc1ccc(NC(=O)Cn2cc(C#N)c3cc(Br)ccc32)cc1. The lowest BCUT2D eigenvalue weighted by Gasteiger charge is -2.07. The fourth-order valence-corrected chi connectivity index (χ4v) is 2.84. The zero-order chi connectivity index (χ0) is 16.4. The van der Waals surface area contributed by atoms with Crippen LogP contribution in [0.15, 0.2) is 53.1 Å². The first-order valence-corrected chi connectivity index (χ1v) is 7.91. The number of nitrogens with zero attached hydrogens (tertiary/aromatic N) is 2. The van der Waals surface area contributed by atoms with Gasteiger partial charge in [-0.05, 0) is 37.3 Å². The molecule has 23 heavy (non-hydrogen) atoms. The highest BCUT2D eigenvalue weighted by Gasteiger charge is 2.11. The van der Waals surface area contributed by atoms with E-state index in [1.807, 2.05) is 49.4 Å². The van der Waals surface area contributed by atoms with Crippen molar-refractivity contribution in [2.45, 2.75) is 13.5 Å². The number of carbonyl (C=O) groups is 1. The molecule has 4 nitrogen and oxygen atoms in total. The molecule has 1 amide bonds. The van der Waals surface area contributed by atoms with Crippen molar-refractivity contribution < 1.29 is 4.79 Å². The molecule has 5 heteroatoms. The van der Waals surface area contributed by atoms with Crippen LogP contribution in [0.1, 0.15) is 11.1 Å². The summed E-state index contributed by atoms with van der Waals surface area (Å²) in [6.45, 7) is 2.16. The molecule has 0 radical (unpaired) electrons. The van der Waals surface area contributed by atoms with Gasteiger partial charge in [0.25, 0.3) is 0 Å². The van der Waals surface area contributed by atoms with E-state index in [1.54, 1.807) is 10.8 Å². The molecule has 0 aliphatic carbocycles. The van der Waals surface area contributed by atoms with Crippen molar-refractivity contribution >= 4 is 38.4 Å². The van der Waals surface area contributed by atoms with Gasteiger partial charge in [-0.3, -0.25) is 4.79 Å². The van der Waals surface area contributed by atoms with E-state index in [1.165, 1.54) is 0 Å². The molecule has 1 aromatic heterocycles. The molecule has 3 rings (SSSR count). The maximum absolute atomic E-state index is 12.3. The summed E-state index contributed by atoms with van der Waals surface area (Å²) in [5, 5.41) is 13.0. The molecule has 0 aliphatic heterocycles. The maximum atomic E-state index is 12.3. The van der Waals surface area contributed by atoms with Crippen molar-refractivity contribution in [3.63, 3.8) is 0 Å². The van der Waals surface area contributed by atoms with Gasteiger partial charge in [0.1, 0.15) is 12.6 Å². The Morgan fingerprint density at radius 2 is 2.00 bits per heavy atom. The molecule has 0 unspecified atom stereocenters. The molecular formula is C18H14BrN3O. The second-order valence-electron chi connectivity index (χ2n) is 5.36. The molecule has 0 saturated heterocycles. The number of nitriles is 1. The number of nitrogens with one attached hydrogen (secondary N) is 1. The van der Waals surface area contributed by atoms with Crippen molar-refractivity contribution in [1.29, 1.82) is 5.26 Å². The number of rotatable bonds is 3. The molecule has 2 aromatic carbocycles. The fourth-order valence-electron chi connectivity index (χ4n) is 2.48. The Hall–Kier alpha value is -2.58. The number of aromatic nitrogens is 1. The summed E-state index contributed by atoms with van der Waals surface area (Å²) in [4.78, 5) is 12.3. The van der Waals surface area contributed by atoms with Crippen LogP contribution in [0.2, 0.25) is 0 Å². The van der Waals surface area contributed by atoms with Gasteiger partial charge in [-0.25, -0.2) is 0 Å². The average Bonchev–Trinajstić information content (AvgIpc) is 2.86. The standard InChI is InChI=1S/C18H14BrN3O/c1-12-2-5-15(6-3-12)21-18(23)11-22-10-13(9-20)16-8-14(19)4-7-17(16)22/h2-8,10H,11H2,1H3,(H,21,23). The van der Waals surface area contributed by atoms with Crippen LogP contribution in [0.4, 0.5) is 5.69 Å².